The zero-order valence-corrected chi connectivity index (χ0v) is 21.7. The molecule has 0 radical (unpaired) electrons. The summed E-state index contributed by atoms with van der Waals surface area (Å²) in [5.74, 6) is 1.80. The zero-order chi connectivity index (χ0) is 22.6. The van der Waals surface area contributed by atoms with Crippen LogP contribution in [0.1, 0.15) is 59.8 Å². The van der Waals surface area contributed by atoms with Gasteiger partial charge in [0.05, 0.1) is 12.0 Å². The molecule has 3 aromatic heterocycles. The average Bonchev–Trinajstić information content (AvgIpc) is 3.65. The molecule has 170 valence electrons. The van der Waals surface area contributed by atoms with E-state index in [-0.39, 0.29) is 0 Å². The van der Waals surface area contributed by atoms with Gasteiger partial charge in [0.25, 0.3) is 0 Å². The van der Waals surface area contributed by atoms with Gasteiger partial charge in [-0.2, -0.15) is 0 Å². The fraction of sp³-hybridized carbons (Fsp3) is 0.310. The summed E-state index contributed by atoms with van der Waals surface area (Å²) in [6.07, 6.45) is 24.1. The lowest BCUT2D eigenvalue weighted by Gasteiger charge is -2.02. The summed E-state index contributed by atoms with van der Waals surface area (Å²) in [6, 6.07) is 9.29. The first-order valence-electron chi connectivity index (χ1n) is 11.9. The maximum Gasteiger partial charge on any atom is 0.138 e. The van der Waals surface area contributed by atoms with Gasteiger partial charge in [-0.05, 0) is 42.7 Å². The molecule has 2 aliphatic carbocycles. The first-order chi connectivity index (χ1) is 16.3. The van der Waals surface area contributed by atoms with E-state index in [1.54, 1.807) is 7.11 Å². The van der Waals surface area contributed by atoms with Crippen LogP contribution in [0.5, 0.6) is 5.75 Å². The second-order valence-corrected chi connectivity index (χ2v) is 11.9. The van der Waals surface area contributed by atoms with Crippen molar-refractivity contribution in [3.05, 3.63) is 88.2 Å². The maximum absolute atomic E-state index is 5.78. The molecule has 3 heterocycles. The molecule has 0 saturated carbocycles. The Kier molecular flexibility index (Phi) is 7.15. The van der Waals surface area contributed by atoms with Crippen molar-refractivity contribution in [1.82, 2.24) is 0 Å². The van der Waals surface area contributed by atoms with E-state index >= 15 is 0 Å². The average molecular weight is 491 g/mol. The third-order valence-corrected chi connectivity index (χ3v) is 10.2. The second-order valence-electron chi connectivity index (χ2n) is 8.62. The summed E-state index contributed by atoms with van der Waals surface area (Å²) in [5.41, 5.74) is 1.52. The third kappa shape index (κ3) is 4.89. The molecule has 1 nitrogen and oxygen atoms in total. The third-order valence-electron chi connectivity index (χ3n) is 6.27. The number of hydrogen-bond donors (Lipinski definition) is 0. The molecule has 33 heavy (non-hydrogen) atoms. The maximum atomic E-state index is 5.78. The predicted molar refractivity (Wildman–Crippen MR) is 147 cm³/mol. The lowest BCUT2D eigenvalue weighted by atomic mass is 10.0. The zero-order valence-electron chi connectivity index (χ0n) is 19.3. The highest BCUT2D eigenvalue weighted by Crippen LogP contribution is 2.48. The SMILES string of the molecule is CCCCCCc1cc(C2C=CC=C2)sc1-c1ccc(-c2sc(C3C=CC=C3)cc2OC)s1. The molecule has 0 N–H and O–H groups in total. The molecule has 0 spiro atoms. The molecule has 0 aliphatic heterocycles. The summed E-state index contributed by atoms with van der Waals surface area (Å²) in [7, 11) is 1.78. The summed E-state index contributed by atoms with van der Waals surface area (Å²) in [5, 5.41) is 0. The second kappa shape index (κ2) is 10.4. The fourth-order valence-electron chi connectivity index (χ4n) is 4.46. The van der Waals surface area contributed by atoms with Gasteiger partial charge >= 0.3 is 0 Å². The molecule has 0 unspecified atom stereocenters. The van der Waals surface area contributed by atoms with Crippen LogP contribution in [0.4, 0.5) is 0 Å². The molecular formula is C29H30OS3. The van der Waals surface area contributed by atoms with E-state index in [0.29, 0.717) is 11.8 Å². The molecule has 4 heteroatoms. The van der Waals surface area contributed by atoms with E-state index in [2.05, 4.69) is 79.8 Å². The van der Waals surface area contributed by atoms with Crippen molar-refractivity contribution in [3.63, 3.8) is 0 Å². The smallest absolute Gasteiger partial charge is 0.138 e. The van der Waals surface area contributed by atoms with Crippen molar-refractivity contribution in [2.75, 3.05) is 7.11 Å². The Morgan fingerprint density at radius 3 is 1.97 bits per heavy atom. The Bertz CT molecular complexity index is 1190. The minimum Gasteiger partial charge on any atom is -0.495 e. The molecule has 0 amide bonds. The number of hydrogen-bond acceptors (Lipinski definition) is 4. The normalized spacial score (nSPS) is 15.5. The van der Waals surface area contributed by atoms with Crippen molar-refractivity contribution in [2.24, 2.45) is 0 Å². The van der Waals surface area contributed by atoms with Crippen LogP contribution in [0, 0.1) is 0 Å². The van der Waals surface area contributed by atoms with Crippen molar-refractivity contribution >= 4 is 34.0 Å². The molecular weight excluding hydrogens is 461 g/mol. The number of thiophene rings is 3. The number of aryl methyl sites for hydroxylation is 1. The molecule has 0 atom stereocenters. The van der Waals surface area contributed by atoms with Crippen LogP contribution in [0.15, 0.2) is 72.9 Å². The Balaban J connectivity index is 1.45. The van der Waals surface area contributed by atoms with E-state index in [9.17, 15) is 0 Å². The molecule has 0 fully saturated rings. The molecule has 5 rings (SSSR count). The van der Waals surface area contributed by atoms with Gasteiger partial charge in [-0.25, -0.2) is 0 Å². The van der Waals surface area contributed by atoms with Gasteiger partial charge in [-0.1, -0.05) is 74.8 Å². The summed E-state index contributed by atoms with van der Waals surface area (Å²) >= 11 is 5.75. The number of unbranched alkanes of at least 4 members (excludes halogenated alkanes) is 3. The summed E-state index contributed by atoms with van der Waals surface area (Å²) in [6.45, 7) is 2.28. The fourth-order valence-corrected chi connectivity index (χ4v) is 8.18. The molecule has 0 bridgehead atoms. The Morgan fingerprint density at radius 1 is 0.727 bits per heavy atom. The van der Waals surface area contributed by atoms with Gasteiger partial charge < -0.3 is 4.74 Å². The standard InChI is InChI=1S/C29H30OS3/c1-3-4-5-6-15-22-18-26(20-11-7-8-12-20)32-28(22)24-16-17-25(31-24)29-23(30-2)19-27(33-29)21-13-9-10-14-21/h7-14,16-21H,3-6,15H2,1-2H3. The van der Waals surface area contributed by atoms with Gasteiger partial charge in [0.15, 0.2) is 0 Å². The monoisotopic (exact) mass is 490 g/mol. The van der Waals surface area contributed by atoms with Gasteiger partial charge in [-0.15, -0.1) is 34.0 Å². The van der Waals surface area contributed by atoms with Gasteiger partial charge in [0.2, 0.25) is 0 Å². The Labute approximate surface area is 209 Å². The van der Waals surface area contributed by atoms with Crippen molar-refractivity contribution < 1.29 is 4.74 Å². The quantitative estimate of drug-likeness (QED) is 0.257. The molecule has 2 aliphatic rings. The van der Waals surface area contributed by atoms with Crippen LogP contribution in [0.3, 0.4) is 0 Å². The minimum absolute atomic E-state index is 0.374. The number of methoxy groups -OCH3 is 1. The lowest BCUT2D eigenvalue weighted by Crippen LogP contribution is -1.86. The van der Waals surface area contributed by atoms with E-state index in [1.165, 1.54) is 66.9 Å². The first-order valence-corrected chi connectivity index (χ1v) is 14.3. The van der Waals surface area contributed by atoms with Crippen LogP contribution in [0.2, 0.25) is 0 Å². The highest BCUT2D eigenvalue weighted by atomic mass is 32.1. The first kappa shape index (κ1) is 22.6. The van der Waals surface area contributed by atoms with Crippen LogP contribution in [-0.4, -0.2) is 7.11 Å². The highest BCUT2D eigenvalue weighted by molar-refractivity contribution is 7.26. The van der Waals surface area contributed by atoms with E-state index < -0.39 is 0 Å². The minimum atomic E-state index is 0.374. The highest BCUT2D eigenvalue weighted by Gasteiger charge is 2.21. The van der Waals surface area contributed by atoms with Crippen LogP contribution in [0.25, 0.3) is 19.5 Å². The van der Waals surface area contributed by atoms with Gasteiger partial charge in [-0.3, -0.25) is 0 Å². The molecule has 0 saturated heterocycles. The van der Waals surface area contributed by atoms with Crippen molar-refractivity contribution in [1.29, 1.82) is 0 Å². The van der Waals surface area contributed by atoms with Crippen LogP contribution < -0.4 is 4.74 Å². The van der Waals surface area contributed by atoms with Gasteiger partial charge in [0, 0.05) is 36.2 Å². The van der Waals surface area contributed by atoms with Crippen LogP contribution in [-0.2, 0) is 6.42 Å². The van der Waals surface area contributed by atoms with E-state index in [1.807, 2.05) is 34.0 Å². The number of ether oxygens (including phenoxy) is 1. The molecule has 0 aromatic carbocycles. The largest absolute Gasteiger partial charge is 0.495 e. The predicted octanol–water partition coefficient (Wildman–Crippen LogP) is 9.76. The van der Waals surface area contributed by atoms with Crippen molar-refractivity contribution in [2.45, 2.75) is 50.9 Å². The summed E-state index contributed by atoms with van der Waals surface area (Å²) < 4.78 is 5.78. The Hall–Kier alpha value is -2.14. The molecule has 3 aromatic rings. The lowest BCUT2D eigenvalue weighted by molar-refractivity contribution is 0.418. The van der Waals surface area contributed by atoms with Crippen LogP contribution >= 0.6 is 34.0 Å². The van der Waals surface area contributed by atoms with E-state index in [0.717, 1.165) is 5.75 Å². The topological polar surface area (TPSA) is 9.23 Å². The Morgan fingerprint density at radius 2 is 1.33 bits per heavy atom. The number of allylic oxidation sites excluding steroid dienone is 8. The van der Waals surface area contributed by atoms with Gasteiger partial charge in [0.1, 0.15) is 5.75 Å². The van der Waals surface area contributed by atoms with E-state index in [4.69, 9.17) is 4.74 Å². The van der Waals surface area contributed by atoms with Crippen molar-refractivity contribution in [3.8, 4) is 25.3 Å². The number of rotatable bonds is 10. The summed E-state index contributed by atoms with van der Waals surface area (Å²) in [4.78, 5) is 8.21.